The standard InChI is InChI=1S/C35H34ClFN8O/c1-5-28(46)44-13-11-23(14-22(44)10-12-38)45-19-40-33-34(45)26-15-27(36)30(29-20(2)39-16-21-8-6-7-9-25(21)29)31(37)32(26)41-35(33)43-17-24(18-43)42(3)4/h5-9,15-16,19,22-24H,1,10-11,13-14,17-18H2,2-4H3/t22-,23+/m1/s1. The van der Waals surface area contributed by atoms with Gasteiger partial charge in [-0.3, -0.25) is 9.78 Å². The molecule has 0 unspecified atom stereocenters. The Bertz CT molecular complexity index is 2080. The average Bonchev–Trinajstić information content (AvgIpc) is 3.47. The lowest BCUT2D eigenvalue weighted by molar-refractivity contribution is -0.130. The van der Waals surface area contributed by atoms with Crippen molar-refractivity contribution in [3.05, 3.63) is 72.0 Å². The smallest absolute Gasteiger partial charge is 0.246 e. The fourth-order valence-corrected chi connectivity index (χ4v) is 7.38. The Hall–Kier alpha value is -4.59. The summed E-state index contributed by atoms with van der Waals surface area (Å²) in [7, 11) is 4.10. The lowest BCUT2D eigenvalue weighted by Crippen LogP contribution is -2.57. The number of benzene rings is 2. The van der Waals surface area contributed by atoms with E-state index < -0.39 is 5.82 Å². The van der Waals surface area contributed by atoms with E-state index >= 15 is 4.39 Å². The molecule has 2 saturated heterocycles. The molecule has 0 N–H and O–H groups in total. The summed E-state index contributed by atoms with van der Waals surface area (Å²) in [6.45, 7) is 7.47. The second kappa shape index (κ2) is 11.6. The van der Waals surface area contributed by atoms with Crippen molar-refractivity contribution in [2.24, 2.45) is 0 Å². The van der Waals surface area contributed by atoms with Gasteiger partial charge in [0.25, 0.3) is 0 Å². The van der Waals surface area contributed by atoms with Crippen molar-refractivity contribution in [1.29, 1.82) is 5.26 Å². The molecule has 2 aliphatic heterocycles. The number of hydrogen-bond donors (Lipinski definition) is 0. The number of rotatable bonds is 6. The molecule has 0 aliphatic carbocycles. The van der Waals surface area contributed by atoms with Gasteiger partial charge in [0.15, 0.2) is 11.6 Å². The van der Waals surface area contributed by atoms with Crippen molar-refractivity contribution < 1.29 is 9.18 Å². The topological polar surface area (TPSA) is 94.2 Å². The van der Waals surface area contributed by atoms with E-state index in [0.717, 1.165) is 29.4 Å². The zero-order valence-electron chi connectivity index (χ0n) is 26.0. The minimum atomic E-state index is -0.502. The predicted molar refractivity (Wildman–Crippen MR) is 179 cm³/mol. The number of fused-ring (bicyclic) bond motifs is 4. The molecule has 5 heterocycles. The largest absolute Gasteiger partial charge is 0.351 e. The summed E-state index contributed by atoms with van der Waals surface area (Å²) in [5, 5.41) is 12.2. The summed E-state index contributed by atoms with van der Waals surface area (Å²) in [4.78, 5) is 33.1. The van der Waals surface area contributed by atoms with Crippen molar-refractivity contribution in [2.75, 3.05) is 38.6 Å². The number of pyridine rings is 2. The molecular formula is C35H34ClFN8O. The highest BCUT2D eigenvalue weighted by molar-refractivity contribution is 6.35. The zero-order chi connectivity index (χ0) is 32.3. The molecule has 9 nitrogen and oxygen atoms in total. The van der Waals surface area contributed by atoms with Gasteiger partial charge < -0.3 is 19.3 Å². The first-order chi connectivity index (χ1) is 22.2. The highest BCUT2D eigenvalue weighted by Gasteiger charge is 2.36. The van der Waals surface area contributed by atoms with Gasteiger partial charge >= 0.3 is 0 Å². The molecule has 234 valence electrons. The highest BCUT2D eigenvalue weighted by Crippen LogP contribution is 2.44. The lowest BCUT2D eigenvalue weighted by atomic mass is 9.94. The van der Waals surface area contributed by atoms with Crippen LogP contribution in [0.2, 0.25) is 5.02 Å². The van der Waals surface area contributed by atoms with Crippen LogP contribution in [0.15, 0.2) is 55.5 Å². The summed E-state index contributed by atoms with van der Waals surface area (Å²) in [5.41, 5.74) is 3.24. The molecule has 2 aliphatic rings. The van der Waals surface area contributed by atoms with Gasteiger partial charge in [0.05, 0.1) is 29.4 Å². The number of likely N-dealkylation sites (tertiary alicyclic amines) is 1. The number of aryl methyl sites for hydroxylation is 1. The maximum atomic E-state index is 17.1. The number of nitriles is 1. The van der Waals surface area contributed by atoms with Gasteiger partial charge in [-0.2, -0.15) is 5.26 Å². The molecule has 1 amide bonds. The first kappa shape index (κ1) is 30.1. The number of halogens is 2. The third-order valence-electron chi connectivity index (χ3n) is 9.67. The van der Waals surface area contributed by atoms with Crippen LogP contribution in [0.25, 0.3) is 43.8 Å². The Morgan fingerprint density at radius 3 is 2.72 bits per heavy atom. The fourth-order valence-electron chi connectivity index (χ4n) is 7.10. The Labute approximate surface area is 271 Å². The molecule has 2 fully saturated rings. The van der Waals surface area contributed by atoms with E-state index in [-0.39, 0.29) is 40.5 Å². The van der Waals surface area contributed by atoms with E-state index in [0.29, 0.717) is 53.4 Å². The first-order valence-corrected chi connectivity index (χ1v) is 15.8. The van der Waals surface area contributed by atoms with E-state index in [1.54, 1.807) is 23.5 Å². The van der Waals surface area contributed by atoms with Crippen molar-refractivity contribution in [3.63, 3.8) is 0 Å². The number of likely N-dealkylation sites (N-methyl/N-ethyl adjacent to an activating group) is 1. The normalized spacial score (nSPS) is 18.8. The number of carbonyl (C=O) groups is 1. The van der Waals surface area contributed by atoms with E-state index in [2.05, 4.69) is 46.1 Å². The summed E-state index contributed by atoms with van der Waals surface area (Å²) in [6.07, 6.45) is 6.28. The van der Waals surface area contributed by atoms with Crippen LogP contribution in [-0.4, -0.2) is 81.0 Å². The van der Waals surface area contributed by atoms with Crippen LogP contribution >= 0.6 is 11.6 Å². The Morgan fingerprint density at radius 1 is 1.20 bits per heavy atom. The molecule has 7 rings (SSSR count). The molecular weight excluding hydrogens is 603 g/mol. The van der Waals surface area contributed by atoms with Crippen LogP contribution in [0.1, 0.15) is 31.0 Å². The minimum absolute atomic E-state index is 0.0763. The number of carbonyl (C=O) groups excluding carboxylic acids is 1. The summed E-state index contributed by atoms with van der Waals surface area (Å²) >= 11 is 7.02. The molecule has 2 atom stereocenters. The monoisotopic (exact) mass is 636 g/mol. The van der Waals surface area contributed by atoms with Crippen molar-refractivity contribution in [1.82, 2.24) is 29.3 Å². The summed E-state index contributed by atoms with van der Waals surface area (Å²) in [5.74, 6) is -0.0517. The van der Waals surface area contributed by atoms with Crippen LogP contribution in [0, 0.1) is 24.1 Å². The van der Waals surface area contributed by atoms with Gasteiger partial charge in [0.2, 0.25) is 5.91 Å². The fraction of sp³-hybridized carbons (Fsp3) is 0.343. The van der Waals surface area contributed by atoms with E-state index in [9.17, 15) is 10.1 Å². The maximum absolute atomic E-state index is 17.1. The van der Waals surface area contributed by atoms with Crippen LogP contribution in [0.4, 0.5) is 10.2 Å². The van der Waals surface area contributed by atoms with Gasteiger partial charge in [-0.15, -0.1) is 0 Å². The van der Waals surface area contributed by atoms with E-state index in [1.165, 1.54) is 6.08 Å². The number of imidazole rings is 1. The van der Waals surface area contributed by atoms with Crippen LogP contribution in [0.3, 0.4) is 0 Å². The van der Waals surface area contributed by atoms with Crippen molar-refractivity contribution >= 4 is 56.0 Å². The second-order valence-corrected chi connectivity index (χ2v) is 12.9. The number of nitrogens with zero attached hydrogens (tertiary/aromatic N) is 8. The number of amides is 1. The average molecular weight is 637 g/mol. The van der Waals surface area contributed by atoms with Crippen molar-refractivity contribution in [3.8, 4) is 17.2 Å². The predicted octanol–water partition coefficient (Wildman–Crippen LogP) is 6.28. The van der Waals surface area contributed by atoms with Gasteiger partial charge in [-0.25, -0.2) is 14.4 Å². The van der Waals surface area contributed by atoms with Crippen LogP contribution < -0.4 is 4.90 Å². The molecule has 46 heavy (non-hydrogen) atoms. The third kappa shape index (κ3) is 4.77. The molecule has 3 aromatic heterocycles. The minimum Gasteiger partial charge on any atom is -0.351 e. The molecule has 0 bridgehead atoms. The molecule has 0 radical (unpaired) electrons. The highest BCUT2D eigenvalue weighted by atomic mass is 35.5. The van der Waals surface area contributed by atoms with Gasteiger partial charge in [0, 0.05) is 71.5 Å². The van der Waals surface area contributed by atoms with Crippen LogP contribution in [-0.2, 0) is 4.79 Å². The summed E-state index contributed by atoms with van der Waals surface area (Å²) < 4.78 is 19.2. The maximum Gasteiger partial charge on any atom is 0.246 e. The number of anilines is 1. The van der Waals surface area contributed by atoms with Crippen molar-refractivity contribution in [2.45, 2.75) is 44.3 Å². The molecule has 0 spiro atoms. The summed E-state index contributed by atoms with van der Waals surface area (Å²) in [6, 6.07) is 11.8. The van der Waals surface area contributed by atoms with Gasteiger partial charge in [-0.1, -0.05) is 42.4 Å². The number of aromatic nitrogens is 4. The second-order valence-electron chi connectivity index (χ2n) is 12.5. The van der Waals surface area contributed by atoms with E-state index in [4.69, 9.17) is 21.6 Å². The number of hydrogen-bond acceptors (Lipinski definition) is 7. The molecule has 11 heteroatoms. The Kier molecular flexibility index (Phi) is 7.62. The number of piperidine rings is 1. The first-order valence-electron chi connectivity index (χ1n) is 15.5. The van der Waals surface area contributed by atoms with Crippen LogP contribution in [0.5, 0.6) is 0 Å². The SMILES string of the molecule is C=CC(=O)N1CC[C@H](n2cnc3c(N4CC(N(C)C)C4)nc4c(F)c(-c5c(C)ncc6ccccc56)c(Cl)cc4c32)C[C@H]1CC#N. The molecule has 5 aromatic rings. The van der Waals surface area contributed by atoms with Gasteiger partial charge in [0.1, 0.15) is 11.0 Å². The van der Waals surface area contributed by atoms with Gasteiger partial charge in [-0.05, 0) is 51.4 Å². The zero-order valence-corrected chi connectivity index (χ0v) is 26.8. The quantitative estimate of drug-likeness (QED) is 0.202. The molecule has 0 saturated carbocycles. The Balaban J connectivity index is 1.44. The third-order valence-corrected chi connectivity index (χ3v) is 9.97. The Morgan fingerprint density at radius 2 is 1.98 bits per heavy atom. The lowest BCUT2D eigenvalue weighted by Gasteiger charge is -2.43. The van der Waals surface area contributed by atoms with E-state index in [1.807, 2.05) is 31.2 Å². The molecule has 2 aromatic carbocycles.